The molecular formula is C27H34N6O5S. The lowest BCUT2D eigenvalue weighted by molar-refractivity contribution is -0.150. The Kier molecular flexibility index (Phi) is 7.78. The molecule has 12 heteroatoms. The first kappa shape index (κ1) is 28.2. The van der Waals surface area contributed by atoms with Crippen LogP contribution in [0, 0.1) is 5.41 Å². The number of pyridine rings is 1. The van der Waals surface area contributed by atoms with Gasteiger partial charge in [-0.2, -0.15) is 4.98 Å². The third-order valence-electron chi connectivity index (χ3n) is 6.17. The van der Waals surface area contributed by atoms with Crippen LogP contribution in [0.3, 0.4) is 0 Å². The minimum absolute atomic E-state index is 0.0273. The van der Waals surface area contributed by atoms with Crippen molar-refractivity contribution >= 4 is 39.5 Å². The molecule has 0 aromatic carbocycles. The van der Waals surface area contributed by atoms with Crippen LogP contribution in [-0.2, 0) is 9.59 Å². The lowest BCUT2D eigenvalue weighted by Crippen LogP contribution is -2.60. The highest BCUT2D eigenvalue weighted by Crippen LogP contribution is 2.33. The smallest absolute Gasteiger partial charge is 0.326 e. The Morgan fingerprint density at radius 2 is 1.87 bits per heavy atom. The number of amides is 3. The fourth-order valence-corrected chi connectivity index (χ4v) is 5.12. The summed E-state index contributed by atoms with van der Waals surface area (Å²) in [4.78, 5) is 54.1. The van der Waals surface area contributed by atoms with Crippen LogP contribution in [0.4, 0.5) is 4.79 Å². The molecule has 208 valence electrons. The van der Waals surface area contributed by atoms with Gasteiger partial charge >= 0.3 is 12.0 Å². The predicted molar refractivity (Wildman–Crippen MR) is 147 cm³/mol. The van der Waals surface area contributed by atoms with Crippen molar-refractivity contribution in [2.45, 2.75) is 71.7 Å². The second-order valence-corrected chi connectivity index (χ2v) is 12.6. The number of hydrogen-bond acceptors (Lipinski definition) is 8. The monoisotopic (exact) mass is 554 g/mol. The highest BCUT2D eigenvalue weighted by Gasteiger charge is 2.46. The number of nitrogens with one attached hydrogen (secondary N) is 2. The van der Waals surface area contributed by atoms with E-state index in [0.717, 1.165) is 0 Å². The van der Waals surface area contributed by atoms with E-state index in [-0.39, 0.29) is 13.0 Å². The number of ether oxygens (including phenoxy) is 1. The van der Waals surface area contributed by atoms with E-state index in [1.54, 1.807) is 18.3 Å². The molecule has 4 rings (SSSR count). The van der Waals surface area contributed by atoms with Crippen molar-refractivity contribution in [2.75, 3.05) is 6.54 Å². The number of urea groups is 1. The number of rotatable bonds is 6. The lowest BCUT2D eigenvalue weighted by atomic mass is 9.85. The van der Waals surface area contributed by atoms with E-state index in [9.17, 15) is 19.5 Å². The van der Waals surface area contributed by atoms with Crippen LogP contribution >= 0.6 is 11.3 Å². The van der Waals surface area contributed by atoms with Crippen LogP contribution in [0.1, 0.15) is 48.0 Å². The topological polar surface area (TPSA) is 147 Å². The highest BCUT2D eigenvalue weighted by atomic mass is 32.1. The summed E-state index contributed by atoms with van der Waals surface area (Å²) in [6.45, 7) is 11.0. The van der Waals surface area contributed by atoms with E-state index in [1.807, 2.05) is 59.1 Å². The second kappa shape index (κ2) is 10.8. The molecule has 1 aliphatic rings. The fourth-order valence-electron chi connectivity index (χ4n) is 4.37. The van der Waals surface area contributed by atoms with Gasteiger partial charge in [0.05, 0.1) is 11.9 Å². The van der Waals surface area contributed by atoms with Crippen molar-refractivity contribution in [3.05, 3.63) is 35.8 Å². The molecule has 3 aromatic rings. The zero-order valence-electron chi connectivity index (χ0n) is 22.9. The maximum atomic E-state index is 13.7. The van der Waals surface area contributed by atoms with Gasteiger partial charge in [-0.25, -0.2) is 14.6 Å². The Morgan fingerprint density at radius 3 is 2.49 bits per heavy atom. The summed E-state index contributed by atoms with van der Waals surface area (Å²) in [7, 11) is 0. The Hall–Kier alpha value is -3.80. The molecule has 39 heavy (non-hydrogen) atoms. The van der Waals surface area contributed by atoms with Gasteiger partial charge in [-0.3, -0.25) is 9.78 Å². The van der Waals surface area contributed by atoms with Crippen LogP contribution in [0.15, 0.2) is 35.8 Å². The molecule has 0 bridgehead atoms. The van der Waals surface area contributed by atoms with Gasteiger partial charge in [0.25, 0.3) is 0 Å². The number of aliphatic carboxylic acids is 1. The molecule has 1 fully saturated rings. The first-order valence-electron chi connectivity index (χ1n) is 12.7. The lowest BCUT2D eigenvalue weighted by Gasteiger charge is -2.35. The van der Waals surface area contributed by atoms with E-state index < -0.39 is 47.0 Å². The highest BCUT2D eigenvalue weighted by molar-refractivity contribution is 7.16. The Bertz CT molecular complexity index is 1360. The molecule has 11 nitrogen and oxygen atoms in total. The Morgan fingerprint density at radius 1 is 1.13 bits per heavy atom. The largest absolute Gasteiger partial charge is 0.480 e. The number of carbonyl (C=O) groups excluding carboxylic acids is 2. The maximum absolute atomic E-state index is 13.7. The Labute approximate surface area is 231 Å². The zero-order valence-corrected chi connectivity index (χ0v) is 23.7. The van der Waals surface area contributed by atoms with Crippen LogP contribution < -0.4 is 15.4 Å². The van der Waals surface area contributed by atoms with Gasteiger partial charge in [0, 0.05) is 18.2 Å². The summed E-state index contributed by atoms with van der Waals surface area (Å²) in [5.41, 5.74) is -0.608. The Balaban J connectivity index is 1.59. The summed E-state index contributed by atoms with van der Waals surface area (Å²) < 4.78 is 6.25. The quantitative estimate of drug-likeness (QED) is 0.418. The number of likely N-dealkylation sites (tertiary alicyclic amines) is 1. The van der Waals surface area contributed by atoms with Gasteiger partial charge in [0.1, 0.15) is 28.7 Å². The number of carboxylic acids is 1. The predicted octanol–water partition coefficient (Wildman–Crippen LogP) is 3.70. The van der Waals surface area contributed by atoms with Gasteiger partial charge in [-0.05, 0) is 49.8 Å². The molecule has 3 aromatic heterocycles. The average molecular weight is 555 g/mol. The number of carbonyl (C=O) groups is 3. The molecule has 4 heterocycles. The molecule has 1 saturated heterocycles. The SMILES string of the molecule is CC(C)(C)NC(=O)N[C@H](C(=O)N1C[C@H](Oc2nc(-c3ccccn3)nc3sccc23)C[C@H]1C(=O)O)C(C)(C)C. The molecule has 3 atom stereocenters. The summed E-state index contributed by atoms with van der Waals surface area (Å²) in [6, 6.07) is 4.70. The van der Waals surface area contributed by atoms with Gasteiger partial charge < -0.3 is 25.4 Å². The molecule has 1 aliphatic heterocycles. The van der Waals surface area contributed by atoms with Crippen molar-refractivity contribution in [3.8, 4) is 17.4 Å². The molecule has 0 spiro atoms. The summed E-state index contributed by atoms with van der Waals surface area (Å²) >= 11 is 1.43. The molecule has 0 radical (unpaired) electrons. The first-order chi connectivity index (χ1) is 18.2. The van der Waals surface area contributed by atoms with E-state index in [0.29, 0.717) is 27.6 Å². The van der Waals surface area contributed by atoms with Crippen LogP contribution in [0.5, 0.6) is 5.88 Å². The minimum atomic E-state index is -1.14. The van der Waals surface area contributed by atoms with E-state index in [1.165, 1.54) is 16.2 Å². The zero-order chi connectivity index (χ0) is 28.5. The number of fused-ring (bicyclic) bond motifs is 1. The van der Waals surface area contributed by atoms with Crippen molar-refractivity contribution in [2.24, 2.45) is 5.41 Å². The fraction of sp³-hybridized carbons (Fsp3) is 0.481. The van der Waals surface area contributed by atoms with Crippen molar-refractivity contribution in [3.63, 3.8) is 0 Å². The number of nitrogens with zero attached hydrogens (tertiary/aromatic N) is 4. The van der Waals surface area contributed by atoms with Gasteiger partial charge in [-0.1, -0.05) is 26.8 Å². The number of aromatic nitrogens is 3. The number of thiophene rings is 1. The molecule has 0 aliphatic carbocycles. The number of hydrogen-bond donors (Lipinski definition) is 3. The second-order valence-electron chi connectivity index (χ2n) is 11.7. The van der Waals surface area contributed by atoms with Crippen molar-refractivity contribution in [1.29, 1.82) is 0 Å². The summed E-state index contributed by atoms with van der Waals surface area (Å²) in [5.74, 6) is -0.926. The average Bonchev–Trinajstić information content (AvgIpc) is 3.48. The van der Waals surface area contributed by atoms with Crippen molar-refractivity contribution < 1.29 is 24.2 Å². The van der Waals surface area contributed by atoms with Gasteiger partial charge in [0.2, 0.25) is 11.8 Å². The minimum Gasteiger partial charge on any atom is -0.480 e. The first-order valence-corrected chi connectivity index (χ1v) is 13.6. The molecule has 0 unspecified atom stereocenters. The summed E-state index contributed by atoms with van der Waals surface area (Å²) in [5, 5.41) is 18.1. The molecular weight excluding hydrogens is 520 g/mol. The standard InChI is InChI=1S/C27H34N6O5S/c1-26(2,3)19(29-25(37)32-27(4,5)6)23(34)33-14-15(13-18(33)24(35)36)38-21-16-10-12-39-22(16)31-20(30-21)17-9-7-8-11-28-17/h7-12,15,18-19H,13-14H2,1-6H3,(H,35,36)(H2,29,32,37)/t15-,18+,19-/m1/s1. The van der Waals surface area contributed by atoms with Crippen LogP contribution in [0.2, 0.25) is 0 Å². The van der Waals surface area contributed by atoms with E-state index >= 15 is 0 Å². The normalized spacial score (nSPS) is 18.6. The van der Waals surface area contributed by atoms with Gasteiger partial charge in [0.15, 0.2) is 5.82 Å². The third-order valence-corrected chi connectivity index (χ3v) is 6.98. The van der Waals surface area contributed by atoms with Gasteiger partial charge in [-0.15, -0.1) is 11.3 Å². The molecule has 3 amide bonds. The van der Waals surface area contributed by atoms with Crippen LogP contribution in [0.25, 0.3) is 21.7 Å². The number of carboxylic acid groups (broad SMARTS) is 1. The van der Waals surface area contributed by atoms with E-state index in [4.69, 9.17) is 4.74 Å². The molecule has 3 N–H and O–H groups in total. The van der Waals surface area contributed by atoms with E-state index in [2.05, 4.69) is 25.6 Å². The maximum Gasteiger partial charge on any atom is 0.326 e. The van der Waals surface area contributed by atoms with Crippen LogP contribution in [-0.4, -0.2) is 73.1 Å². The summed E-state index contributed by atoms with van der Waals surface area (Å²) in [6.07, 6.45) is 1.09. The third kappa shape index (κ3) is 6.62. The molecule has 0 saturated carbocycles. The van der Waals surface area contributed by atoms with Crippen molar-refractivity contribution in [1.82, 2.24) is 30.5 Å².